The van der Waals surface area contributed by atoms with E-state index in [0.29, 0.717) is 10.9 Å². The van der Waals surface area contributed by atoms with Crippen LogP contribution in [0.15, 0.2) is 87.9 Å². The van der Waals surface area contributed by atoms with E-state index >= 15 is 0 Å². The number of amides is 1. The number of aromatic nitrogens is 1. The molecule has 0 atom stereocenters. The van der Waals surface area contributed by atoms with Crippen LogP contribution in [0.5, 0.6) is 5.88 Å². The number of aromatic amines is 1. The molecule has 8 nitrogen and oxygen atoms in total. The maximum Gasteiger partial charge on any atom is 0.285 e. The van der Waals surface area contributed by atoms with Gasteiger partial charge in [-0.2, -0.15) is 0 Å². The van der Waals surface area contributed by atoms with Crippen molar-refractivity contribution in [3.05, 3.63) is 84.2 Å². The maximum atomic E-state index is 13.3. The number of nitrogens with zero attached hydrogens (tertiary/aromatic N) is 3. The third kappa shape index (κ3) is 4.60. The number of fused-ring (bicyclic) bond motifs is 1. The van der Waals surface area contributed by atoms with Gasteiger partial charge in [0.1, 0.15) is 12.4 Å². The zero-order chi connectivity index (χ0) is 23.6. The van der Waals surface area contributed by atoms with Crippen molar-refractivity contribution in [3.8, 4) is 5.88 Å². The molecule has 33 heavy (non-hydrogen) atoms. The molecule has 1 aromatic heterocycles. The minimum atomic E-state index is -4.21. The van der Waals surface area contributed by atoms with Crippen LogP contribution in [-0.4, -0.2) is 31.0 Å². The Morgan fingerprint density at radius 1 is 1.03 bits per heavy atom. The molecule has 3 aromatic carbocycles. The Labute approximate surface area is 189 Å². The summed E-state index contributed by atoms with van der Waals surface area (Å²) in [5.74, 6) is -1.70. The quantitative estimate of drug-likeness (QED) is 0.396. The number of carbonyl (C=O) groups is 1. The largest absolute Gasteiger partial charge is 0.493 e. The van der Waals surface area contributed by atoms with Gasteiger partial charge in [0.2, 0.25) is 5.88 Å². The number of azo groups is 1. The van der Waals surface area contributed by atoms with E-state index in [1.165, 1.54) is 0 Å². The zero-order valence-electron chi connectivity index (χ0n) is 17.4. The summed E-state index contributed by atoms with van der Waals surface area (Å²) in [6.07, 6.45) is 0. The van der Waals surface area contributed by atoms with Crippen LogP contribution in [0.25, 0.3) is 10.9 Å². The molecule has 4 rings (SSSR count). The lowest BCUT2D eigenvalue weighted by Gasteiger charge is -2.23. The highest BCUT2D eigenvalue weighted by molar-refractivity contribution is 7.92. The smallest absolute Gasteiger partial charge is 0.285 e. The highest BCUT2D eigenvalue weighted by atomic mass is 32.2. The van der Waals surface area contributed by atoms with Crippen LogP contribution in [0.3, 0.4) is 0 Å². The van der Waals surface area contributed by atoms with Gasteiger partial charge in [-0.3, -0.25) is 9.10 Å². The Morgan fingerprint density at radius 3 is 2.39 bits per heavy atom. The molecule has 0 bridgehead atoms. The average molecular weight is 466 g/mol. The molecular formula is C23H19FN4O4S. The highest BCUT2D eigenvalue weighted by Crippen LogP contribution is 2.35. The first-order valence-corrected chi connectivity index (χ1v) is 11.3. The molecule has 10 heteroatoms. The van der Waals surface area contributed by atoms with Crippen LogP contribution >= 0.6 is 0 Å². The van der Waals surface area contributed by atoms with Gasteiger partial charge >= 0.3 is 0 Å². The topological polar surface area (TPSA) is 115 Å². The lowest BCUT2D eigenvalue weighted by Crippen LogP contribution is -2.35. The second kappa shape index (κ2) is 8.83. The molecule has 1 heterocycles. The van der Waals surface area contributed by atoms with Gasteiger partial charge in [-0.1, -0.05) is 35.9 Å². The zero-order valence-corrected chi connectivity index (χ0v) is 18.3. The van der Waals surface area contributed by atoms with Crippen molar-refractivity contribution >= 4 is 38.2 Å². The number of halogens is 1. The molecule has 168 valence electrons. The third-order valence-electron chi connectivity index (χ3n) is 4.92. The Bertz CT molecular complexity index is 1450. The summed E-state index contributed by atoms with van der Waals surface area (Å²) >= 11 is 0. The first-order chi connectivity index (χ1) is 15.8. The minimum absolute atomic E-state index is 0.0715. The summed E-state index contributed by atoms with van der Waals surface area (Å²) in [7, 11) is -4.21. The molecule has 1 amide bonds. The number of hydrogen-bond donors (Lipinski definition) is 2. The summed E-state index contributed by atoms with van der Waals surface area (Å²) in [5, 5.41) is 18.1. The van der Waals surface area contributed by atoms with Crippen molar-refractivity contribution in [1.82, 2.24) is 4.98 Å². The molecule has 4 aromatic rings. The van der Waals surface area contributed by atoms with E-state index in [4.69, 9.17) is 0 Å². The van der Waals surface area contributed by atoms with Gasteiger partial charge < -0.3 is 10.1 Å². The predicted octanol–water partition coefficient (Wildman–Crippen LogP) is 4.83. The number of hydrogen-bond acceptors (Lipinski definition) is 5. The monoisotopic (exact) mass is 466 g/mol. The van der Waals surface area contributed by atoms with Crippen molar-refractivity contribution in [3.63, 3.8) is 0 Å². The van der Waals surface area contributed by atoms with Gasteiger partial charge in [0.25, 0.3) is 15.9 Å². The molecular weight excluding hydrogens is 447 g/mol. The Hall–Kier alpha value is -4.05. The summed E-state index contributed by atoms with van der Waals surface area (Å²) in [6, 6.07) is 17.8. The molecule has 0 spiro atoms. The third-order valence-corrected chi connectivity index (χ3v) is 6.71. The number of aryl methyl sites for hydroxylation is 1. The van der Waals surface area contributed by atoms with Gasteiger partial charge in [0.15, 0.2) is 5.69 Å². The number of sulfonamides is 1. The van der Waals surface area contributed by atoms with E-state index < -0.39 is 28.3 Å². The van der Waals surface area contributed by atoms with Crippen molar-refractivity contribution in [1.29, 1.82) is 0 Å². The number of rotatable bonds is 6. The van der Waals surface area contributed by atoms with Crippen molar-refractivity contribution in [2.75, 3.05) is 10.8 Å². The minimum Gasteiger partial charge on any atom is -0.493 e. The maximum absolute atomic E-state index is 13.3. The first kappa shape index (κ1) is 22.2. The lowest BCUT2D eigenvalue weighted by atomic mass is 10.2. The Kier molecular flexibility index (Phi) is 5.93. The molecule has 0 aliphatic heterocycles. The molecule has 0 aliphatic rings. The summed E-state index contributed by atoms with van der Waals surface area (Å²) in [6.45, 7) is 1.20. The molecule has 0 radical (unpaired) electrons. The number of benzene rings is 3. The molecule has 2 N–H and O–H groups in total. The van der Waals surface area contributed by atoms with E-state index in [2.05, 4.69) is 15.2 Å². The fourth-order valence-corrected chi connectivity index (χ4v) is 4.65. The van der Waals surface area contributed by atoms with Crippen molar-refractivity contribution in [2.24, 2.45) is 10.2 Å². The number of anilines is 1. The van der Waals surface area contributed by atoms with Crippen molar-refractivity contribution in [2.45, 2.75) is 11.8 Å². The fraction of sp³-hybridized carbons (Fsp3) is 0.0870. The van der Waals surface area contributed by atoms with Gasteiger partial charge in [-0.15, -0.1) is 10.2 Å². The van der Waals surface area contributed by atoms with Crippen LogP contribution in [0, 0.1) is 12.7 Å². The first-order valence-electron chi connectivity index (χ1n) is 9.85. The Balaban J connectivity index is 1.67. The Morgan fingerprint density at radius 2 is 1.70 bits per heavy atom. The van der Waals surface area contributed by atoms with E-state index in [-0.39, 0.29) is 22.2 Å². The van der Waals surface area contributed by atoms with Crippen LogP contribution in [0.2, 0.25) is 0 Å². The highest BCUT2D eigenvalue weighted by Gasteiger charge is 2.27. The van der Waals surface area contributed by atoms with E-state index in [0.717, 1.165) is 34.1 Å². The predicted molar refractivity (Wildman–Crippen MR) is 122 cm³/mol. The van der Waals surface area contributed by atoms with Crippen LogP contribution in [0.4, 0.5) is 15.8 Å². The SMILES string of the molecule is Cc1ccc(N(CC(=O)N=Nc2c(O)[nH]c3ccccc23)S(=O)(=O)c2ccc(F)cc2)cc1. The average Bonchev–Trinajstić information content (AvgIpc) is 3.12. The van der Waals surface area contributed by atoms with Gasteiger partial charge in [0.05, 0.1) is 16.1 Å². The summed E-state index contributed by atoms with van der Waals surface area (Å²) < 4.78 is 40.7. The van der Waals surface area contributed by atoms with Crippen LogP contribution < -0.4 is 4.31 Å². The standard InChI is InChI=1S/C23H19FN4O4S/c1-15-6-10-17(11-7-15)28(33(31,32)18-12-8-16(24)9-13-18)14-21(29)26-27-22-19-4-2-3-5-20(19)25-23(22)30/h2-13,25,30H,14H2,1H3. The molecule has 0 fully saturated rings. The second-order valence-electron chi connectivity index (χ2n) is 7.26. The number of aromatic hydroxyl groups is 1. The van der Waals surface area contributed by atoms with Gasteiger partial charge in [-0.05, 0) is 49.4 Å². The summed E-state index contributed by atoms with van der Waals surface area (Å²) in [5.41, 5.74) is 1.82. The normalized spacial score (nSPS) is 11.8. The van der Waals surface area contributed by atoms with E-state index in [1.54, 1.807) is 48.5 Å². The number of para-hydroxylation sites is 1. The van der Waals surface area contributed by atoms with Crippen molar-refractivity contribution < 1.29 is 22.7 Å². The number of H-pyrrole nitrogens is 1. The molecule has 0 saturated heterocycles. The molecule has 0 unspecified atom stereocenters. The second-order valence-corrected chi connectivity index (χ2v) is 9.12. The molecule has 0 aliphatic carbocycles. The van der Waals surface area contributed by atoms with Gasteiger partial charge in [-0.25, -0.2) is 12.8 Å². The molecule has 0 saturated carbocycles. The number of carbonyl (C=O) groups excluding carboxylic acids is 1. The van der Waals surface area contributed by atoms with Gasteiger partial charge in [0, 0.05) is 5.39 Å². The van der Waals surface area contributed by atoms with Crippen LogP contribution in [0.1, 0.15) is 5.56 Å². The number of nitrogens with one attached hydrogen (secondary N) is 1. The lowest BCUT2D eigenvalue weighted by molar-refractivity contribution is -0.116. The van der Waals surface area contributed by atoms with E-state index in [9.17, 15) is 22.7 Å². The van der Waals surface area contributed by atoms with Crippen LogP contribution in [-0.2, 0) is 14.8 Å². The fourth-order valence-electron chi connectivity index (χ4n) is 3.23. The van der Waals surface area contributed by atoms with E-state index in [1.807, 2.05) is 6.92 Å². The summed E-state index contributed by atoms with van der Waals surface area (Å²) in [4.78, 5) is 15.2.